The normalized spacial score (nSPS) is 10.6. The smallest absolute Gasteiger partial charge is 0.241 e. The molecular formula is C12H22N4O2. The number of rotatable bonds is 8. The Morgan fingerprint density at radius 1 is 1.39 bits per heavy atom. The maximum Gasteiger partial charge on any atom is 0.241 e. The largest absolute Gasteiger partial charge is 0.383 e. The topological polar surface area (TPSA) is 68.2 Å². The van der Waals surface area contributed by atoms with Gasteiger partial charge in [-0.1, -0.05) is 0 Å². The third-order valence-electron chi connectivity index (χ3n) is 2.50. The second kappa shape index (κ2) is 7.84. The molecular weight excluding hydrogens is 232 g/mol. The number of nitrogens with zero attached hydrogens (tertiary/aromatic N) is 2. The van der Waals surface area contributed by atoms with Crippen molar-refractivity contribution in [1.82, 2.24) is 20.4 Å². The zero-order valence-electron chi connectivity index (χ0n) is 11.3. The fourth-order valence-electron chi connectivity index (χ4n) is 1.62. The summed E-state index contributed by atoms with van der Waals surface area (Å²) in [7, 11) is 1.66. The summed E-state index contributed by atoms with van der Waals surface area (Å²) in [5.41, 5.74) is 1.93. The molecule has 0 aromatic carbocycles. The summed E-state index contributed by atoms with van der Waals surface area (Å²) in [5.74, 6) is -0.0188. The molecule has 0 bridgehead atoms. The number of carbonyl (C=O) groups is 1. The average Bonchev–Trinajstić information content (AvgIpc) is 2.62. The SMILES string of the molecule is COCCNCCNC(=O)Cn1nc(C)cc1C. The number of amides is 1. The van der Waals surface area contributed by atoms with Crippen LogP contribution in [0.15, 0.2) is 6.07 Å². The Hall–Kier alpha value is -1.40. The van der Waals surface area contributed by atoms with Crippen molar-refractivity contribution in [3.8, 4) is 0 Å². The molecule has 2 N–H and O–H groups in total. The summed E-state index contributed by atoms with van der Waals surface area (Å²) in [6.07, 6.45) is 0. The van der Waals surface area contributed by atoms with Crippen LogP contribution in [0.3, 0.4) is 0 Å². The van der Waals surface area contributed by atoms with E-state index < -0.39 is 0 Å². The number of aromatic nitrogens is 2. The summed E-state index contributed by atoms with van der Waals surface area (Å²) in [6.45, 7) is 6.97. The summed E-state index contributed by atoms with van der Waals surface area (Å²) in [4.78, 5) is 11.6. The lowest BCUT2D eigenvalue weighted by atomic mass is 10.4. The van der Waals surface area contributed by atoms with Gasteiger partial charge in [-0.25, -0.2) is 0 Å². The Morgan fingerprint density at radius 3 is 2.78 bits per heavy atom. The van der Waals surface area contributed by atoms with E-state index in [1.54, 1.807) is 11.8 Å². The number of aryl methyl sites for hydroxylation is 2. The van der Waals surface area contributed by atoms with Crippen LogP contribution < -0.4 is 10.6 Å². The molecule has 1 amide bonds. The Kier molecular flexibility index (Phi) is 6.38. The van der Waals surface area contributed by atoms with Gasteiger partial charge in [0.25, 0.3) is 0 Å². The summed E-state index contributed by atoms with van der Waals surface area (Å²) < 4.78 is 6.61. The van der Waals surface area contributed by atoms with Gasteiger partial charge in [0.2, 0.25) is 5.91 Å². The Balaban J connectivity index is 2.16. The molecule has 0 fully saturated rings. The molecule has 1 heterocycles. The van der Waals surface area contributed by atoms with Crippen molar-refractivity contribution in [2.24, 2.45) is 0 Å². The van der Waals surface area contributed by atoms with E-state index in [0.29, 0.717) is 13.2 Å². The minimum absolute atomic E-state index is 0.0188. The number of nitrogens with one attached hydrogen (secondary N) is 2. The van der Waals surface area contributed by atoms with Crippen molar-refractivity contribution in [2.45, 2.75) is 20.4 Å². The van der Waals surface area contributed by atoms with Crippen LogP contribution in [0, 0.1) is 13.8 Å². The van der Waals surface area contributed by atoms with E-state index >= 15 is 0 Å². The number of ether oxygens (including phenoxy) is 1. The summed E-state index contributed by atoms with van der Waals surface area (Å²) in [5, 5.41) is 10.2. The minimum Gasteiger partial charge on any atom is -0.383 e. The standard InChI is InChI=1S/C12H22N4O2/c1-10-8-11(2)16(15-10)9-12(17)14-5-4-13-6-7-18-3/h8,13H,4-7,9H2,1-3H3,(H,14,17). The van der Waals surface area contributed by atoms with Crippen LogP contribution in [0.25, 0.3) is 0 Å². The van der Waals surface area contributed by atoms with E-state index in [2.05, 4.69) is 15.7 Å². The second-order valence-corrected chi connectivity index (χ2v) is 4.18. The molecule has 0 aliphatic carbocycles. The number of methoxy groups -OCH3 is 1. The fourth-order valence-corrected chi connectivity index (χ4v) is 1.62. The highest BCUT2D eigenvalue weighted by atomic mass is 16.5. The predicted octanol–water partition coefficient (Wildman–Crippen LogP) is -0.148. The first-order valence-corrected chi connectivity index (χ1v) is 6.11. The van der Waals surface area contributed by atoms with E-state index in [0.717, 1.165) is 24.5 Å². The van der Waals surface area contributed by atoms with Gasteiger partial charge in [0, 0.05) is 32.4 Å². The molecule has 0 atom stereocenters. The van der Waals surface area contributed by atoms with Crippen molar-refractivity contribution in [3.63, 3.8) is 0 Å². The Bertz CT molecular complexity index is 376. The lowest BCUT2D eigenvalue weighted by Crippen LogP contribution is -2.35. The first-order valence-electron chi connectivity index (χ1n) is 6.11. The third-order valence-corrected chi connectivity index (χ3v) is 2.50. The first-order chi connectivity index (χ1) is 8.63. The van der Waals surface area contributed by atoms with Gasteiger partial charge in [0.05, 0.1) is 12.3 Å². The minimum atomic E-state index is -0.0188. The van der Waals surface area contributed by atoms with E-state index in [1.165, 1.54) is 0 Å². The zero-order chi connectivity index (χ0) is 13.4. The quantitative estimate of drug-likeness (QED) is 0.633. The molecule has 0 aliphatic heterocycles. The zero-order valence-corrected chi connectivity index (χ0v) is 11.3. The molecule has 0 unspecified atom stereocenters. The van der Waals surface area contributed by atoms with E-state index in [4.69, 9.17) is 4.74 Å². The van der Waals surface area contributed by atoms with Gasteiger partial charge in [-0.15, -0.1) is 0 Å². The summed E-state index contributed by atoms with van der Waals surface area (Å²) >= 11 is 0. The third kappa shape index (κ3) is 5.29. The van der Waals surface area contributed by atoms with E-state index in [-0.39, 0.29) is 12.5 Å². The molecule has 102 valence electrons. The van der Waals surface area contributed by atoms with E-state index in [9.17, 15) is 4.79 Å². The lowest BCUT2D eigenvalue weighted by molar-refractivity contribution is -0.121. The molecule has 1 rings (SSSR count). The van der Waals surface area contributed by atoms with Crippen molar-refractivity contribution in [2.75, 3.05) is 33.4 Å². The van der Waals surface area contributed by atoms with Gasteiger partial charge in [-0.05, 0) is 19.9 Å². The first kappa shape index (κ1) is 14.7. The second-order valence-electron chi connectivity index (χ2n) is 4.18. The molecule has 0 radical (unpaired) electrons. The fraction of sp³-hybridized carbons (Fsp3) is 0.667. The highest BCUT2D eigenvalue weighted by Gasteiger charge is 2.05. The van der Waals surface area contributed by atoms with E-state index in [1.807, 2.05) is 19.9 Å². The van der Waals surface area contributed by atoms with Crippen molar-refractivity contribution >= 4 is 5.91 Å². The van der Waals surface area contributed by atoms with Crippen LogP contribution in [0.5, 0.6) is 0 Å². The molecule has 18 heavy (non-hydrogen) atoms. The monoisotopic (exact) mass is 254 g/mol. The molecule has 0 saturated heterocycles. The van der Waals surface area contributed by atoms with Gasteiger partial charge >= 0.3 is 0 Å². The maximum absolute atomic E-state index is 11.6. The van der Waals surface area contributed by atoms with Crippen LogP contribution >= 0.6 is 0 Å². The van der Waals surface area contributed by atoms with Crippen molar-refractivity contribution in [1.29, 1.82) is 0 Å². The highest BCUT2D eigenvalue weighted by molar-refractivity contribution is 5.75. The highest BCUT2D eigenvalue weighted by Crippen LogP contribution is 2.00. The lowest BCUT2D eigenvalue weighted by Gasteiger charge is -2.07. The molecule has 1 aromatic heterocycles. The average molecular weight is 254 g/mol. The summed E-state index contributed by atoms with van der Waals surface area (Å²) in [6, 6.07) is 1.96. The van der Waals surface area contributed by atoms with Gasteiger partial charge in [-0.3, -0.25) is 9.48 Å². The Labute approximate surface area is 108 Å². The number of hydrogen-bond acceptors (Lipinski definition) is 4. The van der Waals surface area contributed by atoms with Crippen LogP contribution in [0.4, 0.5) is 0 Å². The van der Waals surface area contributed by atoms with Gasteiger partial charge in [0.15, 0.2) is 0 Å². The molecule has 6 heteroatoms. The van der Waals surface area contributed by atoms with Crippen LogP contribution in [-0.2, 0) is 16.1 Å². The van der Waals surface area contributed by atoms with Gasteiger partial charge < -0.3 is 15.4 Å². The molecule has 0 aliphatic rings. The molecule has 6 nitrogen and oxygen atoms in total. The molecule has 1 aromatic rings. The molecule has 0 saturated carbocycles. The van der Waals surface area contributed by atoms with Crippen molar-refractivity contribution in [3.05, 3.63) is 17.5 Å². The Morgan fingerprint density at radius 2 is 2.17 bits per heavy atom. The maximum atomic E-state index is 11.6. The van der Waals surface area contributed by atoms with Crippen LogP contribution in [0.2, 0.25) is 0 Å². The van der Waals surface area contributed by atoms with Gasteiger partial charge in [-0.2, -0.15) is 5.10 Å². The number of carbonyl (C=O) groups excluding carboxylic acids is 1. The number of hydrogen-bond donors (Lipinski definition) is 2. The van der Waals surface area contributed by atoms with Crippen LogP contribution in [-0.4, -0.2) is 49.0 Å². The van der Waals surface area contributed by atoms with Crippen LogP contribution in [0.1, 0.15) is 11.4 Å². The predicted molar refractivity (Wildman–Crippen MR) is 69.5 cm³/mol. The molecule has 0 spiro atoms. The van der Waals surface area contributed by atoms with Crippen molar-refractivity contribution < 1.29 is 9.53 Å². The van der Waals surface area contributed by atoms with Gasteiger partial charge in [0.1, 0.15) is 6.54 Å².